The van der Waals surface area contributed by atoms with Gasteiger partial charge in [0, 0.05) is 13.1 Å². The van der Waals surface area contributed by atoms with Crippen LogP contribution in [0.3, 0.4) is 0 Å². The van der Waals surface area contributed by atoms with Crippen molar-refractivity contribution in [2.75, 3.05) is 39.5 Å². The number of nitrogens with zero attached hydrogens (tertiary/aromatic N) is 1. The van der Waals surface area contributed by atoms with Gasteiger partial charge in [-0.3, -0.25) is 15.0 Å². The predicted octanol–water partition coefficient (Wildman–Crippen LogP) is -1.45. The Hall–Kier alpha value is -1.18. The van der Waals surface area contributed by atoms with Crippen molar-refractivity contribution in [1.29, 1.82) is 0 Å². The molecular weight excluding hydrogens is 216 g/mol. The summed E-state index contributed by atoms with van der Waals surface area (Å²) >= 11 is 0. The van der Waals surface area contributed by atoms with Crippen LogP contribution in [0.25, 0.3) is 0 Å². The summed E-state index contributed by atoms with van der Waals surface area (Å²) in [7, 11) is 0. The summed E-state index contributed by atoms with van der Waals surface area (Å²) in [6, 6.07) is 0. The van der Waals surface area contributed by atoms with Gasteiger partial charge in [-0.25, -0.2) is 4.79 Å². The van der Waals surface area contributed by atoms with E-state index in [4.69, 9.17) is 10.2 Å². The SMILES string of the molecule is CCOC(=O)NC(=O)CN(CCO)CCO. The third-order valence-corrected chi connectivity index (χ3v) is 1.72. The lowest BCUT2D eigenvalue weighted by Gasteiger charge is -2.18. The van der Waals surface area contributed by atoms with Crippen LogP contribution in [0.2, 0.25) is 0 Å². The maximum absolute atomic E-state index is 11.3. The topological polar surface area (TPSA) is 99.1 Å². The second-order valence-electron chi connectivity index (χ2n) is 2.99. The predicted molar refractivity (Wildman–Crippen MR) is 55.8 cm³/mol. The van der Waals surface area contributed by atoms with Gasteiger partial charge in [-0.2, -0.15) is 0 Å². The van der Waals surface area contributed by atoms with Crippen LogP contribution in [-0.4, -0.2) is 66.6 Å². The second-order valence-corrected chi connectivity index (χ2v) is 2.99. The van der Waals surface area contributed by atoms with E-state index in [9.17, 15) is 9.59 Å². The maximum Gasteiger partial charge on any atom is 0.413 e. The fraction of sp³-hybridized carbons (Fsp3) is 0.778. The fourth-order valence-electron chi connectivity index (χ4n) is 1.08. The molecule has 94 valence electrons. The van der Waals surface area contributed by atoms with Crippen LogP contribution in [0.15, 0.2) is 0 Å². The van der Waals surface area contributed by atoms with E-state index in [1.54, 1.807) is 6.92 Å². The number of aliphatic hydroxyl groups excluding tert-OH is 2. The normalized spacial score (nSPS) is 10.2. The first kappa shape index (κ1) is 14.8. The lowest BCUT2D eigenvalue weighted by Crippen LogP contribution is -2.42. The molecule has 0 aliphatic rings. The van der Waals surface area contributed by atoms with Gasteiger partial charge in [-0.05, 0) is 6.92 Å². The Morgan fingerprint density at radius 2 is 1.81 bits per heavy atom. The second kappa shape index (κ2) is 9.08. The summed E-state index contributed by atoms with van der Waals surface area (Å²) in [5.41, 5.74) is 0. The summed E-state index contributed by atoms with van der Waals surface area (Å²) in [6.45, 7) is 2.04. The van der Waals surface area contributed by atoms with Crippen molar-refractivity contribution in [2.45, 2.75) is 6.92 Å². The molecule has 7 heteroatoms. The van der Waals surface area contributed by atoms with Gasteiger partial charge >= 0.3 is 6.09 Å². The first-order chi connectivity index (χ1) is 7.63. The zero-order valence-corrected chi connectivity index (χ0v) is 9.31. The molecule has 0 saturated heterocycles. The molecular formula is C9H18N2O5. The van der Waals surface area contributed by atoms with Crippen molar-refractivity contribution in [1.82, 2.24) is 10.2 Å². The molecule has 0 unspecified atom stereocenters. The number of carbonyl (C=O) groups is 2. The number of nitrogens with one attached hydrogen (secondary N) is 1. The largest absolute Gasteiger partial charge is 0.450 e. The Kier molecular flexibility index (Phi) is 8.41. The average molecular weight is 234 g/mol. The van der Waals surface area contributed by atoms with Gasteiger partial charge < -0.3 is 14.9 Å². The zero-order valence-electron chi connectivity index (χ0n) is 9.31. The first-order valence-electron chi connectivity index (χ1n) is 5.04. The summed E-state index contributed by atoms with van der Waals surface area (Å²) in [6.07, 6.45) is -0.791. The molecule has 0 fully saturated rings. The number of amides is 2. The Morgan fingerprint density at radius 3 is 2.25 bits per heavy atom. The van der Waals surface area contributed by atoms with Crippen molar-refractivity contribution in [3.05, 3.63) is 0 Å². The number of imide groups is 1. The molecule has 0 saturated carbocycles. The van der Waals surface area contributed by atoms with Crippen molar-refractivity contribution < 1.29 is 24.5 Å². The average Bonchev–Trinajstić information content (AvgIpc) is 2.18. The van der Waals surface area contributed by atoms with E-state index in [0.717, 1.165) is 0 Å². The summed E-state index contributed by atoms with van der Waals surface area (Å²) in [4.78, 5) is 23.7. The molecule has 2 amide bonds. The van der Waals surface area contributed by atoms with E-state index in [-0.39, 0.29) is 39.5 Å². The monoisotopic (exact) mass is 234 g/mol. The zero-order chi connectivity index (χ0) is 12.4. The summed E-state index contributed by atoms with van der Waals surface area (Å²) in [5, 5.41) is 19.4. The Balaban J connectivity index is 3.93. The lowest BCUT2D eigenvalue weighted by molar-refractivity contribution is -0.121. The molecule has 0 rings (SSSR count). The molecule has 0 heterocycles. The minimum absolute atomic E-state index is 0.0695. The number of ether oxygens (including phenoxy) is 1. The van der Waals surface area contributed by atoms with Gasteiger partial charge in [0.25, 0.3) is 0 Å². The highest BCUT2D eigenvalue weighted by atomic mass is 16.5. The number of carbonyl (C=O) groups excluding carboxylic acids is 2. The Bertz CT molecular complexity index is 216. The number of hydrogen-bond acceptors (Lipinski definition) is 6. The van der Waals surface area contributed by atoms with Gasteiger partial charge in [0.1, 0.15) is 0 Å². The minimum Gasteiger partial charge on any atom is -0.450 e. The molecule has 0 aliphatic carbocycles. The highest BCUT2D eigenvalue weighted by Gasteiger charge is 2.12. The van der Waals surface area contributed by atoms with E-state index in [0.29, 0.717) is 0 Å². The fourth-order valence-corrected chi connectivity index (χ4v) is 1.08. The van der Waals surface area contributed by atoms with Crippen molar-refractivity contribution in [3.63, 3.8) is 0 Å². The third kappa shape index (κ3) is 7.16. The molecule has 0 radical (unpaired) electrons. The van der Waals surface area contributed by atoms with E-state index in [1.807, 2.05) is 5.32 Å². The van der Waals surface area contributed by atoms with Crippen LogP contribution in [0.1, 0.15) is 6.92 Å². The highest BCUT2D eigenvalue weighted by molar-refractivity contribution is 5.92. The smallest absolute Gasteiger partial charge is 0.413 e. The molecule has 0 atom stereocenters. The minimum atomic E-state index is -0.791. The molecule has 0 aromatic heterocycles. The van der Waals surface area contributed by atoms with Gasteiger partial charge in [0.05, 0.1) is 26.4 Å². The molecule has 16 heavy (non-hydrogen) atoms. The quantitative estimate of drug-likeness (QED) is 0.498. The summed E-state index contributed by atoms with van der Waals surface area (Å²) in [5.74, 6) is -0.527. The van der Waals surface area contributed by atoms with Crippen LogP contribution >= 0.6 is 0 Å². The van der Waals surface area contributed by atoms with Crippen LogP contribution in [0, 0.1) is 0 Å². The summed E-state index contributed by atoms with van der Waals surface area (Å²) < 4.78 is 4.53. The number of rotatable bonds is 7. The molecule has 0 aliphatic heterocycles. The van der Waals surface area contributed by atoms with Gasteiger partial charge in [0.15, 0.2) is 0 Å². The molecule has 3 N–H and O–H groups in total. The van der Waals surface area contributed by atoms with E-state index in [1.165, 1.54) is 4.90 Å². The molecule has 0 aromatic rings. The van der Waals surface area contributed by atoms with Crippen molar-refractivity contribution in [3.8, 4) is 0 Å². The number of aliphatic hydroxyl groups is 2. The maximum atomic E-state index is 11.3. The third-order valence-electron chi connectivity index (χ3n) is 1.72. The molecule has 0 spiro atoms. The van der Waals surface area contributed by atoms with Crippen molar-refractivity contribution >= 4 is 12.0 Å². The van der Waals surface area contributed by atoms with Crippen LogP contribution in [0.4, 0.5) is 4.79 Å². The standard InChI is InChI=1S/C9H18N2O5/c1-2-16-9(15)10-8(14)7-11(3-5-12)4-6-13/h12-13H,2-7H2,1H3,(H,10,14,15). The number of alkyl carbamates (subject to hydrolysis) is 1. The van der Waals surface area contributed by atoms with Gasteiger partial charge in [-0.15, -0.1) is 0 Å². The van der Waals surface area contributed by atoms with Gasteiger partial charge in [-0.1, -0.05) is 0 Å². The Labute approximate surface area is 94.0 Å². The van der Waals surface area contributed by atoms with Gasteiger partial charge in [0.2, 0.25) is 5.91 Å². The molecule has 7 nitrogen and oxygen atoms in total. The van der Waals surface area contributed by atoms with Crippen LogP contribution in [-0.2, 0) is 9.53 Å². The first-order valence-corrected chi connectivity index (χ1v) is 5.04. The van der Waals surface area contributed by atoms with E-state index < -0.39 is 12.0 Å². The lowest BCUT2D eigenvalue weighted by atomic mass is 10.4. The van der Waals surface area contributed by atoms with Crippen LogP contribution in [0.5, 0.6) is 0 Å². The highest BCUT2D eigenvalue weighted by Crippen LogP contribution is 1.87. The van der Waals surface area contributed by atoms with E-state index in [2.05, 4.69) is 4.74 Å². The molecule has 0 bridgehead atoms. The Morgan fingerprint density at radius 1 is 1.25 bits per heavy atom. The van der Waals surface area contributed by atoms with E-state index >= 15 is 0 Å². The van der Waals surface area contributed by atoms with Crippen LogP contribution < -0.4 is 5.32 Å². The molecule has 0 aromatic carbocycles. The van der Waals surface area contributed by atoms with Crippen molar-refractivity contribution in [2.24, 2.45) is 0 Å². The number of hydrogen-bond donors (Lipinski definition) is 3.